The summed E-state index contributed by atoms with van der Waals surface area (Å²) in [4.78, 5) is 14.2. The van der Waals surface area contributed by atoms with Crippen LogP contribution in [-0.2, 0) is 11.2 Å². The number of hydrogen-bond acceptors (Lipinski definition) is 3. The van der Waals surface area contributed by atoms with Gasteiger partial charge in [0, 0.05) is 12.4 Å². The number of carbonyl (C=O) groups is 1. The predicted octanol–water partition coefficient (Wildman–Crippen LogP) is 0.848. The van der Waals surface area contributed by atoms with E-state index in [2.05, 4.69) is 4.98 Å². The average Bonchev–Trinajstić information content (AvgIpc) is 2.15. The molecule has 1 aromatic heterocycles. The third-order valence-corrected chi connectivity index (χ3v) is 1.81. The molecule has 0 aliphatic rings. The van der Waals surface area contributed by atoms with Crippen LogP contribution in [0.3, 0.4) is 0 Å². The highest BCUT2D eigenvalue weighted by Gasteiger charge is 2.10. The van der Waals surface area contributed by atoms with E-state index in [0.717, 1.165) is 5.56 Å². The van der Waals surface area contributed by atoms with Crippen LogP contribution in [0, 0.1) is 0 Å². The largest absolute Gasteiger partial charge is 0.480 e. The molecule has 1 rings (SSSR count). The molecule has 0 amide bonds. The molecule has 5 heteroatoms. The van der Waals surface area contributed by atoms with E-state index in [0.29, 0.717) is 12.8 Å². The molecular weight excluding hydrogens is 204 g/mol. The Bertz CT molecular complexity index is 279. The van der Waals surface area contributed by atoms with E-state index in [1.54, 1.807) is 12.4 Å². The van der Waals surface area contributed by atoms with Gasteiger partial charge in [-0.2, -0.15) is 0 Å². The third kappa shape index (κ3) is 4.20. The van der Waals surface area contributed by atoms with Gasteiger partial charge in [-0.1, -0.05) is 0 Å². The fourth-order valence-electron chi connectivity index (χ4n) is 0.995. The van der Waals surface area contributed by atoms with Crippen LogP contribution in [0.15, 0.2) is 24.5 Å². The minimum absolute atomic E-state index is 0. The Hall–Kier alpha value is -1.13. The number of pyridine rings is 1. The van der Waals surface area contributed by atoms with E-state index in [4.69, 9.17) is 10.8 Å². The lowest BCUT2D eigenvalue weighted by Crippen LogP contribution is -2.30. The van der Waals surface area contributed by atoms with Crippen molar-refractivity contribution in [1.29, 1.82) is 0 Å². The van der Waals surface area contributed by atoms with Crippen LogP contribution in [0.1, 0.15) is 12.0 Å². The SMILES string of the molecule is Cl.N[C@H](CCc1ccncc1)C(=O)O. The van der Waals surface area contributed by atoms with Crippen molar-refractivity contribution in [2.24, 2.45) is 5.73 Å². The number of hydrogen-bond donors (Lipinski definition) is 2. The Morgan fingerprint density at radius 2 is 2.07 bits per heavy atom. The van der Waals surface area contributed by atoms with Gasteiger partial charge in [-0.3, -0.25) is 9.78 Å². The molecule has 1 atom stereocenters. The molecule has 78 valence electrons. The molecule has 3 N–H and O–H groups in total. The van der Waals surface area contributed by atoms with Gasteiger partial charge < -0.3 is 10.8 Å². The van der Waals surface area contributed by atoms with Crippen LogP contribution in [0.25, 0.3) is 0 Å². The Morgan fingerprint density at radius 3 is 2.57 bits per heavy atom. The highest BCUT2D eigenvalue weighted by molar-refractivity contribution is 5.85. The summed E-state index contributed by atoms with van der Waals surface area (Å²) in [6, 6.07) is 2.94. The van der Waals surface area contributed by atoms with Crippen molar-refractivity contribution in [2.75, 3.05) is 0 Å². The maximum Gasteiger partial charge on any atom is 0.320 e. The fourth-order valence-corrected chi connectivity index (χ4v) is 0.995. The first kappa shape index (κ1) is 12.9. The number of aromatic nitrogens is 1. The van der Waals surface area contributed by atoms with Gasteiger partial charge in [-0.05, 0) is 30.5 Å². The fraction of sp³-hybridized carbons (Fsp3) is 0.333. The van der Waals surface area contributed by atoms with E-state index in [-0.39, 0.29) is 12.4 Å². The van der Waals surface area contributed by atoms with E-state index in [1.807, 2.05) is 12.1 Å². The molecule has 0 fully saturated rings. The number of carboxylic acids is 1. The maximum absolute atomic E-state index is 10.4. The number of nitrogens with two attached hydrogens (primary N) is 1. The minimum atomic E-state index is -0.950. The zero-order valence-corrected chi connectivity index (χ0v) is 8.41. The summed E-state index contributed by atoms with van der Waals surface area (Å²) in [6.07, 6.45) is 4.50. The second kappa shape index (κ2) is 6.34. The third-order valence-electron chi connectivity index (χ3n) is 1.81. The number of aryl methyl sites for hydroxylation is 1. The monoisotopic (exact) mass is 216 g/mol. The van der Waals surface area contributed by atoms with Crippen LogP contribution in [-0.4, -0.2) is 22.1 Å². The highest BCUT2D eigenvalue weighted by atomic mass is 35.5. The van der Waals surface area contributed by atoms with Gasteiger partial charge in [0.15, 0.2) is 0 Å². The van der Waals surface area contributed by atoms with Gasteiger partial charge in [0.2, 0.25) is 0 Å². The number of nitrogens with zero attached hydrogens (tertiary/aromatic N) is 1. The first-order chi connectivity index (χ1) is 6.20. The van der Waals surface area contributed by atoms with Crippen molar-refractivity contribution >= 4 is 18.4 Å². The Morgan fingerprint density at radius 1 is 1.50 bits per heavy atom. The molecule has 4 nitrogen and oxygen atoms in total. The Balaban J connectivity index is 0.00000169. The molecule has 0 aromatic carbocycles. The molecule has 1 heterocycles. The minimum Gasteiger partial charge on any atom is -0.480 e. The molecule has 1 aromatic rings. The van der Waals surface area contributed by atoms with Crippen molar-refractivity contribution in [1.82, 2.24) is 4.98 Å². The summed E-state index contributed by atoms with van der Waals surface area (Å²) < 4.78 is 0. The van der Waals surface area contributed by atoms with Crippen LogP contribution in [0.2, 0.25) is 0 Å². The molecule has 0 radical (unpaired) electrons. The molecular formula is C9H13ClN2O2. The standard InChI is InChI=1S/C9H12N2O2.ClH/c10-8(9(12)13)2-1-7-3-5-11-6-4-7;/h3-6,8H,1-2,10H2,(H,12,13);1H/t8-;/m1./s1. The lowest BCUT2D eigenvalue weighted by Gasteiger charge is -2.05. The summed E-state index contributed by atoms with van der Waals surface area (Å²) in [5, 5.41) is 8.52. The van der Waals surface area contributed by atoms with Crippen LogP contribution in [0.5, 0.6) is 0 Å². The van der Waals surface area contributed by atoms with Crippen molar-refractivity contribution in [3.63, 3.8) is 0 Å². The van der Waals surface area contributed by atoms with E-state index >= 15 is 0 Å². The molecule has 0 spiro atoms. The number of halogens is 1. The van der Waals surface area contributed by atoms with Crippen LogP contribution < -0.4 is 5.73 Å². The molecule has 0 saturated carbocycles. The Labute approximate surface area is 88.6 Å². The highest BCUT2D eigenvalue weighted by Crippen LogP contribution is 2.02. The van der Waals surface area contributed by atoms with E-state index in [9.17, 15) is 4.79 Å². The lowest BCUT2D eigenvalue weighted by atomic mass is 10.1. The Kier molecular flexibility index (Phi) is 5.83. The van der Waals surface area contributed by atoms with Crippen molar-refractivity contribution in [3.05, 3.63) is 30.1 Å². The second-order valence-corrected chi connectivity index (χ2v) is 2.84. The maximum atomic E-state index is 10.4. The summed E-state index contributed by atoms with van der Waals surface area (Å²) in [7, 11) is 0. The van der Waals surface area contributed by atoms with Gasteiger partial charge in [0.1, 0.15) is 6.04 Å². The van der Waals surface area contributed by atoms with Gasteiger partial charge in [-0.25, -0.2) is 0 Å². The molecule has 0 unspecified atom stereocenters. The predicted molar refractivity (Wildman–Crippen MR) is 55.4 cm³/mol. The first-order valence-corrected chi connectivity index (χ1v) is 4.07. The molecule has 14 heavy (non-hydrogen) atoms. The van der Waals surface area contributed by atoms with E-state index < -0.39 is 12.0 Å². The summed E-state index contributed by atoms with van der Waals surface area (Å²) in [6.45, 7) is 0. The van der Waals surface area contributed by atoms with Crippen molar-refractivity contribution in [3.8, 4) is 0 Å². The van der Waals surface area contributed by atoms with Crippen molar-refractivity contribution in [2.45, 2.75) is 18.9 Å². The summed E-state index contributed by atoms with van der Waals surface area (Å²) in [5.74, 6) is -0.950. The van der Waals surface area contributed by atoms with Gasteiger partial charge in [-0.15, -0.1) is 12.4 Å². The zero-order valence-electron chi connectivity index (χ0n) is 7.59. The molecule has 0 saturated heterocycles. The van der Waals surface area contributed by atoms with Gasteiger partial charge in [0.25, 0.3) is 0 Å². The van der Waals surface area contributed by atoms with Crippen LogP contribution >= 0.6 is 12.4 Å². The number of aliphatic carboxylic acids is 1. The average molecular weight is 217 g/mol. The smallest absolute Gasteiger partial charge is 0.320 e. The van der Waals surface area contributed by atoms with Crippen LogP contribution in [0.4, 0.5) is 0 Å². The molecule has 0 aliphatic carbocycles. The quantitative estimate of drug-likeness (QED) is 0.782. The van der Waals surface area contributed by atoms with Gasteiger partial charge >= 0.3 is 5.97 Å². The second-order valence-electron chi connectivity index (χ2n) is 2.84. The summed E-state index contributed by atoms with van der Waals surface area (Å²) >= 11 is 0. The molecule has 0 aliphatic heterocycles. The number of carboxylic acid groups (broad SMARTS) is 1. The number of rotatable bonds is 4. The normalized spacial score (nSPS) is 11.5. The lowest BCUT2D eigenvalue weighted by molar-refractivity contribution is -0.138. The first-order valence-electron chi connectivity index (χ1n) is 4.07. The van der Waals surface area contributed by atoms with E-state index in [1.165, 1.54) is 0 Å². The zero-order chi connectivity index (χ0) is 9.68. The van der Waals surface area contributed by atoms with Gasteiger partial charge in [0.05, 0.1) is 0 Å². The topological polar surface area (TPSA) is 76.2 Å². The summed E-state index contributed by atoms with van der Waals surface area (Å²) in [5.41, 5.74) is 6.41. The van der Waals surface area contributed by atoms with Crippen molar-refractivity contribution < 1.29 is 9.90 Å². The molecule has 0 bridgehead atoms.